The van der Waals surface area contributed by atoms with Gasteiger partial charge in [0.2, 0.25) is 0 Å². The number of aliphatic imine (C=N–C) groups is 1. The third-order valence-electron chi connectivity index (χ3n) is 4.55. The highest BCUT2D eigenvalue weighted by atomic mass is 32.1. The number of H-pyrrole nitrogens is 1. The number of thiazole rings is 1. The molecule has 0 amide bonds. The predicted octanol–water partition coefficient (Wildman–Crippen LogP) is 5.12. The summed E-state index contributed by atoms with van der Waals surface area (Å²) in [5.41, 5.74) is 7.10. The zero-order valence-corrected chi connectivity index (χ0v) is 17.3. The van der Waals surface area contributed by atoms with Gasteiger partial charge in [0.15, 0.2) is 5.13 Å². The van der Waals surface area contributed by atoms with E-state index in [-0.39, 0.29) is 0 Å². The number of anilines is 2. The van der Waals surface area contributed by atoms with Crippen molar-refractivity contribution in [2.75, 3.05) is 5.32 Å². The molecule has 0 saturated heterocycles. The average molecular weight is 427 g/mol. The molecule has 0 saturated carbocycles. The number of pyridine rings is 1. The van der Waals surface area contributed by atoms with Crippen LogP contribution < -0.4 is 5.32 Å². The topological polar surface area (TPSA) is 88.1 Å². The third kappa shape index (κ3) is 4.61. The van der Waals surface area contributed by atoms with Crippen molar-refractivity contribution >= 4 is 46.2 Å². The Morgan fingerprint density at radius 1 is 1.29 bits per heavy atom. The molecule has 152 valence electrons. The minimum absolute atomic E-state index is 0.432. The second kappa shape index (κ2) is 8.79. The lowest BCUT2D eigenvalue weighted by atomic mass is 10.1. The summed E-state index contributed by atoms with van der Waals surface area (Å²) in [6, 6.07) is 3.89. The highest BCUT2D eigenvalue weighted by Gasteiger charge is 2.12. The molecule has 0 aromatic carbocycles. The molecule has 1 aliphatic heterocycles. The molecule has 31 heavy (non-hydrogen) atoms. The number of allylic oxidation sites excluding steroid dienone is 4. The van der Waals surface area contributed by atoms with Gasteiger partial charge in [0.25, 0.3) is 0 Å². The number of rotatable bonds is 6. The lowest BCUT2D eigenvalue weighted by Gasteiger charge is -2.08. The Morgan fingerprint density at radius 3 is 3.23 bits per heavy atom. The summed E-state index contributed by atoms with van der Waals surface area (Å²) < 4.78 is 5.84. The van der Waals surface area contributed by atoms with Crippen LogP contribution in [0, 0.1) is 0 Å². The number of aromatic nitrogens is 4. The number of nitrogens with zero attached hydrogens (tertiary/aromatic N) is 4. The molecule has 2 N–H and O–H groups in total. The molecule has 1 aliphatic carbocycles. The van der Waals surface area contributed by atoms with E-state index in [1.54, 1.807) is 29.9 Å². The Kier molecular flexibility index (Phi) is 5.38. The van der Waals surface area contributed by atoms with E-state index < -0.39 is 0 Å². The van der Waals surface area contributed by atoms with Crippen LogP contribution in [0.5, 0.6) is 0 Å². The Morgan fingerprint density at radius 2 is 2.29 bits per heavy atom. The van der Waals surface area contributed by atoms with E-state index in [2.05, 4.69) is 42.3 Å². The minimum atomic E-state index is 0.432. The Hall–Kier alpha value is -4.00. The number of hydrogen-bond acceptors (Lipinski definition) is 7. The quantitative estimate of drug-likeness (QED) is 0.535. The molecule has 2 aliphatic rings. The van der Waals surface area contributed by atoms with Crippen LogP contribution >= 0.6 is 11.3 Å². The van der Waals surface area contributed by atoms with Crippen LogP contribution in [-0.2, 0) is 11.3 Å². The number of ether oxygens (including phenoxy) is 1. The number of aromatic amines is 1. The van der Waals surface area contributed by atoms with E-state index in [4.69, 9.17) is 4.74 Å². The fourth-order valence-corrected chi connectivity index (χ4v) is 3.94. The molecule has 0 spiro atoms. The van der Waals surface area contributed by atoms with E-state index in [0.29, 0.717) is 12.4 Å². The van der Waals surface area contributed by atoms with Gasteiger partial charge in [0.05, 0.1) is 23.0 Å². The van der Waals surface area contributed by atoms with Gasteiger partial charge in [-0.25, -0.2) is 9.97 Å². The molecule has 0 bridgehead atoms. The fraction of sp³-hybridized carbons (Fsp3) is 0.0870. The Bertz CT molecular complexity index is 1270. The lowest BCUT2D eigenvalue weighted by Crippen LogP contribution is -1.97. The standard InChI is InChI=1S/C23H18N6OS/c1-2-8-24-14-19(5-1)30-15-16-7-9-25-22(10-16)29-23-28-20-6-3-4-17(11-21(20)31-23)18-12-26-27-13-18/h1,4-14H,2,15H2,(H,26,27)(H,25,28,29). The maximum atomic E-state index is 5.84. The molecule has 0 fully saturated rings. The van der Waals surface area contributed by atoms with Crippen molar-refractivity contribution in [1.82, 2.24) is 20.2 Å². The fourth-order valence-electron chi connectivity index (χ4n) is 3.04. The summed E-state index contributed by atoms with van der Waals surface area (Å²) in [5, 5.41) is 10.9. The molecular formula is C23H18N6OS. The first-order valence-corrected chi connectivity index (χ1v) is 10.5. The Balaban J connectivity index is 1.31. The predicted molar refractivity (Wildman–Crippen MR) is 124 cm³/mol. The van der Waals surface area contributed by atoms with Crippen LogP contribution in [-0.4, -0.2) is 26.4 Å². The van der Waals surface area contributed by atoms with Gasteiger partial charge >= 0.3 is 0 Å². The highest BCUT2D eigenvalue weighted by Crippen LogP contribution is 2.32. The van der Waals surface area contributed by atoms with E-state index in [1.165, 1.54) is 0 Å². The molecule has 7 nitrogen and oxygen atoms in total. The maximum absolute atomic E-state index is 5.84. The van der Waals surface area contributed by atoms with Gasteiger partial charge in [-0.1, -0.05) is 17.4 Å². The summed E-state index contributed by atoms with van der Waals surface area (Å²) >= 11 is 1.56. The van der Waals surface area contributed by atoms with Crippen molar-refractivity contribution in [1.29, 1.82) is 0 Å². The van der Waals surface area contributed by atoms with Gasteiger partial charge in [-0.2, -0.15) is 5.10 Å². The van der Waals surface area contributed by atoms with Gasteiger partial charge in [-0.05, 0) is 41.5 Å². The molecule has 3 aromatic rings. The zero-order valence-electron chi connectivity index (χ0n) is 16.4. The van der Waals surface area contributed by atoms with Crippen molar-refractivity contribution in [2.24, 2.45) is 4.99 Å². The van der Waals surface area contributed by atoms with Crippen molar-refractivity contribution in [3.63, 3.8) is 0 Å². The van der Waals surface area contributed by atoms with Gasteiger partial charge < -0.3 is 10.1 Å². The van der Waals surface area contributed by atoms with E-state index >= 15 is 0 Å². The number of hydrogen-bond donors (Lipinski definition) is 2. The van der Waals surface area contributed by atoms with Crippen molar-refractivity contribution < 1.29 is 4.74 Å². The monoisotopic (exact) mass is 426 g/mol. The van der Waals surface area contributed by atoms with Crippen LogP contribution in [0.15, 0.2) is 71.6 Å². The number of fused-ring (bicyclic) bond motifs is 1. The summed E-state index contributed by atoms with van der Waals surface area (Å²) in [7, 11) is 0. The van der Waals surface area contributed by atoms with E-state index in [1.807, 2.05) is 48.8 Å². The van der Waals surface area contributed by atoms with Gasteiger partial charge in [-0.15, -0.1) is 5.73 Å². The summed E-state index contributed by atoms with van der Waals surface area (Å²) in [6.07, 6.45) is 19.6. The SMILES string of the molecule is C1=CC(c2cn[nH]c2)=Cc2sc(Nc3cc(COC4=CN=CCC=C4)ccn3)nc2C=1. The molecule has 5 rings (SSSR count). The minimum Gasteiger partial charge on any atom is -0.487 e. The second-order valence-electron chi connectivity index (χ2n) is 6.77. The normalized spacial score (nSPS) is 14.5. The maximum Gasteiger partial charge on any atom is 0.189 e. The highest BCUT2D eigenvalue weighted by molar-refractivity contribution is 7.16. The van der Waals surface area contributed by atoms with Crippen molar-refractivity contribution in [2.45, 2.75) is 13.0 Å². The first-order valence-electron chi connectivity index (χ1n) is 9.71. The smallest absolute Gasteiger partial charge is 0.189 e. The average Bonchev–Trinajstić information content (AvgIpc) is 3.30. The lowest BCUT2D eigenvalue weighted by molar-refractivity contribution is 0.210. The third-order valence-corrected chi connectivity index (χ3v) is 5.49. The zero-order chi connectivity index (χ0) is 20.9. The van der Waals surface area contributed by atoms with Crippen LogP contribution in [0.1, 0.15) is 28.1 Å². The first-order chi connectivity index (χ1) is 15.3. The summed E-state index contributed by atoms with van der Waals surface area (Å²) in [4.78, 5) is 14.3. The van der Waals surface area contributed by atoms with Crippen LogP contribution in [0.25, 0.3) is 17.7 Å². The van der Waals surface area contributed by atoms with Gasteiger partial charge in [0, 0.05) is 36.7 Å². The van der Waals surface area contributed by atoms with Crippen LogP contribution in [0.4, 0.5) is 10.9 Å². The molecule has 0 unspecified atom stereocenters. The largest absolute Gasteiger partial charge is 0.487 e. The molecule has 3 aromatic heterocycles. The molecule has 4 heterocycles. The first kappa shape index (κ1) is 19.0. The van der Waals surface area contributed by atoms with Crippen LogP contribution in [0.2, 0.25) is 0 Å². The Labute approximate surface area is 183 Å². The van der Waals surface area contributed by atoms with E-state index in [9.17, 15) is 0 Å². The van der Waals surface area contributed by atoms with Gasteiger partial charge in [0.1, 0.15) is 18.2 Å². The molecule has 8 heteroatoms. The van der Waals surface area contributed by atoms with Crippen molar-refractivity contribution in [3.05, 3.63) is 88.3 Å². The van der Waals surface area contributed by atoms with Gasteiger partial charge in [-0.3, -0.25) is 10.1 Å². The summed E-state index contributed by atoms with van der Waals surface area (Å²) in [5.74, 6) is 1.45. The molecule has 0 atom stereocenters. The van der Waals surface area contributed by atoms with Crippen LogP contribution in [0.3, 0.4) is 0 Å². The second-order valence-corrected chi connectivity index (χ2v) is 7.81. The van der Waals surface area contributed by atoms with Crippen molar-refractivity contribution in [3.8, 4) is 0 Å². The van der Waals surface area contributed by atoms with E-state index in [0.717, 1.165) is 44.6 Å². The summed E-state index contributed by atoms with van der Waals surface area (Å²) in [6.45, 7) is 0.432. The molecule has 0 radical (unpaired) electrons. The number of nitrogens with one attached hydrogen (secondary N) is 2. The molecular weight excluding hydrogens is 408 g/mol.